The predicted molar refractivity (Wildman–Crippen MR) is 131 cm³/mol. The Bertz CT molecular complexity index is 1040. The van der Waals surface area contributed by atoms with Crippen LogP contribution in [0.25, 0.3) is 11.0 Å². The third-order valence-electron chi connectivity index (χ3n) is 6.42. The van der Waals surface area contributed by atoms with Crippen LogP contribution in [0.15, 0.2) is 30.5 Å². The number of nitrogens with two attached hydrogens (primary N) is 1. The molecule has 0 aliphatic carbocycles. The van der Waals surface area contributed by atoms with Gasteiger partial charge in [-0.25, -0.2) is 0 Å². The van der Waals surface area contributed by atoms with Gasteiger partial charge in [-0.05, 0) is 31.4 Å². The van der Waals surface area contributed by atoms with Gasteiger partial charge in [0.15, 0.2) is 5.82 Å². The number of hydrogen-bond donors (Lipinski definition) is 3. The van der Waals surface area contributed by atoms with E-state index in [-0.39, 0.29) is 6.01 Å². The molecule has 4 rings (SSSR count). The van der Waals surface area contributed by atoms with Gasteiger partial charge in [-0.2, -0.15) is 9.97 Å². The number of ether oxygens (including phenoxy) is 1. The first kappa shape index (κ1) is 23.5. The molecule has 178 valence electrons. The van der Waals surface area contributed by atoms with E-state index in [2.05, 4.69) is 57.7 Å². The second-order valence-corrected chi connectivity index (χ2v) is 9.11. The number of aliphatic hydroxyl groups excluding tert-OH is 1. The number of nitrogen functional groups attached to an aromatic ring is 1. The SMILES string of the molecule is CCCCOc1nc(N)c2[nH]cc(C(O)c3ccc(CN4CCN(C(C)C)CC4)cc3)c2n1. The number of rotatable bonds is 9. The van der Waals surface area contributed by atoms with Gasteiger partial charge >= 0.3 is 6.01 Å². The van der Waals surface area contributed by atoms with E-state index in [0.29, 0.717) is 35.1 Å². The summed E-state index contributed by atoms with van der Waals surface area (Å²) in [5.41, 5.74) is 10.0. The Morgan fingerprint density at radius 2 is 1.85 bits per heavy atom. The highest BCUT2D eigenvalue weighted by Crippen LogP contribution is 2.31. The molecule has 4 N–H and O–H groups in total. The van der Waals surface area contributed by atoms with E-state index in [1.54, 1.807) is 6.20 Å². The molecule has 1 aromatic carbocycles. The molecule has 0 spiro atoms. The zero-order valence-electron chi connectivity index (χ0n) is 19.9. The summed E-state index contributed by atoms with van der Waals surface area (Å²) in [5.74, 6) is 0.317. The Hall–Kier alpha value is -2.68. The summed E-state index contributed by atoms with van der Waals surface area (Å²) in [6.07, 6.45) is 2.87. The van der Waals surface area contributed by atoms with Gasteiger partial charge in [0.1, 0.15) is 17.1 Å². The molecule has 0 bridgehead atoms. The largest absolute Gasteiger partial charge is 0.463 e. The summed E-state index contributed by atoms with van der Waals surface area (Å²) < 4.78 is 5.65. The lowest BCUT2D eigenvalue weighted by molar-refractivity contribution is 0.104. The molecular weight excluding hydrogens is 416 g/mol. The number of fused-ring (bicyclic) bond motifs is 1. The van der Waals surface area contributed by atoms with Crippen molar-refractivity contribution in [2.24, 2.45) is 0 Å². The van der Waals surface area contributed by atoms with Crippen molar-refractivity contribution >= 4 is 16.9 Å². The summed E-state index contributed by atoms with van der Waals surface area (Å²) >= 11 is 0. The number of unbranched alkanes of at least 4 members (excludes halogenated alkanes) is 1. The number of H-pyrrole nitrogens is 1. The standard InChI is InChI=1S/C25H36N6O2/c1-4-5-14-33-25-28-21-20(15-27-22(21)24(26)29-25)23(32)19-8-6-18(7-9-19)16-30-10-12-31(13-11-30)17(2)3/h6-9,15,17,23,27,32H,4-5,10-14,16H2,1-3H3,(H2,26,28,29). The van der Waals surface area contributed by atoms with Gasteiger partial charge in [0.2, 0.25) is 0 Å². The van der Waals surface area contributed by atoms with Crippen LogP contribution in [-0.2, 0) is 6.54 Å². The van der Waals surface area contributed by atoms with Crippen LogP contribution in [0.5, 0.6) is 6.01 Å². The molecule has 3 aromatic rings. The van der Waals surface area contributed by atoms with Crippen molar-refractivity contribution in [3.63, 3.8) is 0 Å². The zero-order valence-corrected chi connectivity index (χ0v) is 19.9. The van der Waals surface area contributed by atoms with Crippen molar-refractivity contribution in [3.05, 3.63) is 47.2 Å². The van der Waals surface area contributed by atoms with Gasteiger partial charge in [-0.15, -0.1) is 0 Å². The zero-order chi connectivity index (χ0) is 23.4. The number of hydrogen-bond acceptors (Lipinski definition) is 7. The molecule has 33 heavy (non-hydrogen) atoms. The van der Waals surface area contributed by atoms with Crippen molar-refractivity contribution in [1.29, 1.82) is 0 Å². The molecule has 2 aromatic heterocycles. The number of aromatic nitrogens is 3. The Balaban J connectivity index is 1.45. The van der Waals surface area contributed by atoms with E-state index >= 15 is 0 Å². The third-order valence-corrected chi connectivity index (χ3v) is 6.42. The summed E-state index contributed by atoms with van der Waals surface area (Å²) in [4.78, 5) is 16.8. The first-order valence-corrected chi connectivity index (χ1v) is 12.0. The Morgan fingerprint density at radius 1 is 1.12 bits per heavy atom. The minimum atomic E-state index is -0.819. The second kappa shape index (κ2) is 10.5. The molecule has 0 radical (unpaired) electrons. The predicted octanol–water partition coefficient (Wildman–Crippen LogP) is 3.33. The number of benzene rings is 1. The van der Waals surface area contributed by atoms with Gasteiger partial charge in [-0.3, -0.25) is 9.80 Å². The fourth-order valence-electron chi connectivity index (χ4n) is 4.29. The normalized spacial score (nSPS) is 16.5. The van der Waals surface area contributed by atoms with Gasteiger partial charge in [0.05, 0.1) is 6.61 Å². The molecule has 0 amide bonds. The number of aliphatic hydroxyl groups is 1. The van der Waals surface area contributed by atoms with E-state index in [1.807, 2.05) is 12.1 Å². The van der Waals surface area contributed by atoms with Gasteiger partial charge in [-0.1, -0.05) is 37.6 Å². The fourth-order valence-corrected chi connectivity index (χ4v) is 4.29. The molecule has 1 saturated heterocycles. The molecule has 1 atom stereocenters. The lowest BCUT2D eigenvalue weighted by atomic mass is 10.0. The van der Waals surface area contributed by atoms with Gasteiger partial charge in [0.25, 0.3) is 0 Å². The first-order chi connectivity index (χ1) is 16.0. The maximum Gasteiger partial charge on any atom is 0.319 e. The molecule has 1 unspecified atom stereocenters. The van der Waals surface area contributed by atoms with Crippen molar-refractivity contribution in [2.45, 2.75) is 52.3 Å². The number of anilines is 1. The minimum absolute atomic E-state index is 0.245. The van der Waals surface area contributed by atoms with Crippen molar-refractivity contribution in [1.82, 2.24) is 24.8 Å². The molecule has 1 fully saturated rings. The minimum Gasteiger partial charge on any atom is -0.463 e. The van der Waals surface area contributed by atoms with Crippen LogP contribution in [0.4, 0.5) is 5.82 Å². The second-order valence-electron chi connectivity index (χ2n) is 9.11. The maximum absolute atomic E-state index is 11.1. The van der Waals surface area contributed by atoms with Crippen molar-refractivity contribution < 1.29 is 9.84 Å². The monoisotopic (exact) mass is 452 g/mol. The van der Waals surface area contributed by atoms with Gasteiger partial charge < -0.3 is 20.6 Å². The van der Waals surface area contributed by atoms with Crippen LogP contribution in [0.2, 0.25) is 0 Å². The van der Waals surface area contributed by atoms with E-state index in [1.165, 1.54) is 5.56 Å². The van der Waals surface area contributed by atoms with Gasteiger partial charge in [0, 0.05) is 50.5 Å². The topological polar surface area (TPSA) is 104 Å². The Labute approximate surface area is 195 Å². The maximum atomic E-state index is 11.1. The molecule has 1 aliphatic rings. The quantitative estimate of drug-likeness (QED) is 0.428. The molecule has 8 heteroatoms. The smallest absolute Gasteiger partial charge is 0.319 e. The number of aromatic amines is 1. The fraction of sp³-hybridized carbons (Fsp3) is 0.520. The van der Waals surface area contributed by atoms with Crippen LogP contribution < -0.4 is 10.5 Å². The molecular formula is C25H36N6O2. The van der Waals surface area contributed by atoms with Crippen LogP contribution in [-0.4, -0.2) is 68.7 Å². The average Bonchev–Trinajstić information content (AvgIpc) is 3.24. The van der Waals surface area contributed by atoms with Crippen molar-refractivity contribution in [3.8, 4) is 6.01 Å². The van der Waals surface area contributed by atoms with E-state index < -0.39 is 6.10 Å². The summed E-state index contributed by atoms with van der Waals surface area (Å²) in [6.45, 7) is 12.5. The number of piperazine rings is 1. The highest BCUT2D eigenvalue weighted by atomic mass is 16.5. The molecule has 8 nitrogen and oxygen atoms in total. The van der Waals surface area contributed by atoms with Crippen LogP contribution in [0.3, 0.4) is 0 Å². The summed E-state index contributed by atoms with van der Waals surface area (Å²) in [6, 6.07) is 9.04. The Kier molecular flexibility index (Phi) is 7.47. The lowest BCUT2D eigenvalue weighted by Crippen LogP contribution is -2.48. The highest BCUT2D eigenvalue weighted by molar-refractivity contribution is 5.88. The van der Waals surface area contributed by atoms with Crippen LogP contribution in [0, 0.1) is 0 Å². The Morgan fingerprint density at radius 3 is 2.52 bits per heavy atom. The van der Waals surface area contributed by atoms with Crippen molar-refractivity contribution in [2.75, 3.05) is 38.5 Å². The van der Waals surface area contributed by atoms with E-state index in [4.69, 9.17) is 10.5 Å². The molecule has 3 heterocycles. The number of nitrogens with one attached hydrogen (secondary N) is 1. The number of nitrogens with zero attached hydrogens (tertiary/aromatic N) is 4. The molecule has 1 aliphatic heterocycles. The summed E-state index contributed by atoms with van der Waals surface area (Å²) in [7, 11) is 0. The van der Waals surface area contributed by atoms with Crippen LogP contribution >= 0.6 is 0 Å². The van der Waals surface area contributed by atoms with E-state index in [9.17, 15) is 5.11 Å². The third kappa shape index (κ3) is 5.46. The first-order valence-electron chi connectivity index (χ1n) is 12.0. The van der Waals surface area contributed by atoms with Crippen LogP contribution in [0.1, 0.15) is 56.4 Å². The van der Waals surface area contributed by atoms with E-state index in [0.717, 1.165) is 51.1 Å². The summed E-state index contributed by atoms with van der Waals surface area (Å²) in [5, 5.41) is 11.1. The average molecular weight is 453 g/mol. The molecule has 0 saturated carbocycles. The lowest BCUT2D eigenvalue weighted by Gasteiger charge is -2.37. The highest BCUT2D eigenvalue weighted by Gasteiger charge is 2.21.